The van der Waals surface area contributed by atoms with E-state index in [-0.39, 0.29) is 31.9 Å². The molecule has 0 bridgehead atoms. The van der Waals surface area contributed by atoms with Gasteiger partial charge in [-0.2, -0.15) is 13.2 Å². The number of hydrogen-bond acceptors (Lipinski definition) is 2. The van der Waals surface area contributed by atoms with Crippen LogP contribution in [-0.2, 0) is 4.74 Å². The van der Waals surface area contributed by atoms with Crippen molar-refractivity contribution in [2.45, 2.75) is 19.1 Å². The highest BCUT2D eigenvalue weighted by Crippen LogP contribution is 2.39. The number of benzene rings is 1. The van der Waals surface area contributed by atoms with E-state index >= 15 is 0 Å². The van der Waals surface area contributed by atoms with Crippen LogP contribution in [0.5, 0.6) is 0 Å². The Morgan fingerprint density at radius 2 is 1.84 bits per heavy atom. The maximum absolute atomic E-state index is 13.7. The Bertz CT molecular complexity index is 441. The summed E-state index contributed by atoms with van der Waals surface area (Å²) < 4.78 is 58.6. The molecule has 1 saturated heterocycles. The first-order valence-electron chi connectivity index (χ1n) is 6.04. The summed E-state index contributed by atoms with van der Waals surface area (Å²) in [6.07, 6.45) is -4.51. The average Bonchev–Trinajstić information content (AvgIpc) is 2.33. The fraction of sp³-hybridized carbons (Fsp3) is 0.538. The molecule has 0 spiro atoms. The molecule has 1 unspecified atom stereocenters. The van der Waals surface area contributed by atoms with E-state index in [9.17, 15) is 17.6 Å². The van der Waals surface area contributed by atoms with Crippen LogP contribution in [0.15, 0.2) is 18.2 Å². The van der Waals surface area contributed by atoms with Crippen molar-refractivity contribution in [2.75, 3.05) is 26.3 Å². The maximum Gasteiger partial charge on any atom is 0.408 e. The normalized spacial score (nSPS) is 19.4. The van der Waals surface area contributed by atoms with Gasteiger partial charge in [-0.3, -0.25) is 4.90 Å². The van der Waals surface area contributed by atoms with E-state index in [2.05, 4.69) is 0 Å². The molecular weight excluding hydrogens is 262 g/mol. The molecule has 1 heterocycles. The fourth-order valence-electron chi connectivity index (χ4n) is 2.29. The van der Waals surface area contributed by atoms with Gasteiger partial charge in [-0.1, -0.05) is 17.7 Å². The van der Waals surface area contributed by atoms with Gasteiger partial charge in [-0.25, -0.2) is 4.39 Å². The molecule has 1 fully saturated rings. The number of rotatable bonds is 2. The van der Waals surface area contributed by atoms with Crippen molar-refractivity contribution >= 4 is 0 Å². The Kier molecular flexibility index (Phi) is 4.10. The third-order valence-corrected chi connectivity index (χ3v) is 3.17. The number of hydrogen-bond donors (Lipinski definition) is 0. The highest BCUT2D eigenvalue weighted by atomic mass is 19.4. The lowest BCUT2D eigenvalue weighted by Gasteiger charge is -2.36. The summed E-state index contributed by atoms with van der Waals surface area (Å²) in [6, 6.07) is 1.91. The molecule has 0 aromatic heterocycles. The molecule has 0 radical (unpaired) electrons. The number of morpholine rings is 1. The molecule has 0 amide bonds. The van der Waals surface area contributed by atoms with E-state index < -0.39 is 18.0 Å². The van der Waals surface area contributed by atoms with Crippen molar-refractivity contribution in [1.29, 1.82) is 0 Å². The number of aryl methyl sites for hydroxylation is 1. The summed E-state index contributed by atoms with van der Waals surface area (Å²) in [5, 5.41) is 0. The van der Waals surface area contributed by atoms with Crippen molar-refractivity contribution in [2.24, 2.45) is 0 Å². The van der Waals surface area contributed by atoms with E-state index in [4.69, 9.17) is 4.74 Å². The van der Waals surface area contributed by atoms with E-state index in [1.807, 2.05) is 0 Å². The van der Waals surface area contributed by atoms with Gasteiger partial charge in [-0.15, -0.1) is 0 Å². The molecule has 0 N–H and O–H groups in total. The Morgan fingerprint density at radius 1 is 1.21 bits per heavy atom. The van der Waals surface area contributed by atoms with Crippen molar-refractivity contribution in [3.63, 3.8) is 0 Å². The molecule has 1 aliphatic heterocycles. The Hall–Kier alpha value is -1.14. The first-order valence-corrected chi connectivity index (χ1v) is 6.04. The molecule has 1 atom stereocenters. The molecule has 6 heteroatoms. The summed E-state index contributed by atoms with van der Waals surface area (Å²) in [5.74, 6) is -0.820. The lowest BCUT2D eigenvalue weighted by Crippen LogP contribution is -2.45. The SMILES string of the molecule is Cc1ccc(F)c(C(N2CCOCC2)C(F)(F)F)c1. The minimum atomic E-state index is -4.51. The highest BCUT2D eigenvalue weighted by Gasteiger charge is 2.46. The molecule has 19 heavy (non-hydrogen) atoms. The van der Waals surface area contributed by atoms with Crippen LogP contribution < -0.4 is 0 Å². The smallest absolute Gasteiger partial charge is 0.379 e. The predicted molar refractivity (Wildman–Crippen MR) is 62.3 cm³/mol. The number of halogens is 4. The number of alkyl halides is 3. The Morgan fingerprint density at radius 3 is 2.42 bits per heavy atom. The average molecular weight is 277 g/mol. The molecule has 0 saturated carbocycles. The second kappa shape index (κ2) is 5.46. The highest BCUT2D eigenvalue weighted by molar-refractivity contribution is 5.28. The van der Waals surface area contributed by atoms with Gasteiger partial charge < -0.3 is 4.74 Å². The zero-order valence-corrected chi connectivity index (χ0v) is 10.5. The van der Waals surface area contributed by atoms with Gasteiger partial charge in [-0.05, 0) is 13.0 Å². The molecule has 106 valence electrons. The van der Waals surface area contributed by atoms with Crippen molar-refractivity contribution in [3.8, 4) is 0 Å². The Balaban J connectivity index is 2.39. The van der Waals surface area contributed by atoms with Gasteiger partial charge in [0.15, 0.2) is 0 Å². The maximum atomic E-state index is 13.7. The standard InChI is InChI=1S/C13H15F4NO/c1-9-2-3-11(14)10(8-9)12(13(15,16)17)18-4-6-19-7-5-18/h2-3,8,12H,4-7H2,1H3. The monoisotopic (exact) mass is 277 g/mol. The largest absolute Gasteiger partial charge is 0.408 e. The fourth-order valence-corrected chi connectivity index (χ4v) is 2.29. The summed E-state index contributed by atoms with van der Waals surface area (Å²) in [6.45, 7) is 2.42. The van der Waals surface area contributed by atoms with E-state index in [1.54, 1.807) is 6.92 Å². The van der Waals surface area contributed by atoms with Crippen LogP contribution in [0.4, 0.5) is 17.6 Å². The van der Waals surface area contributed by atoms with E-state index in [0.29, 0.717) is 5.56 Å². The van der Waals surface area contributed by atoms with Crippen molar-refractivity contribution < 1.29 is 22.3 Å². The lowest BCUT2D eigenvalue weighted by atomic mass is 10.0. The molecule has 2 rings (SSSR count). The molecule has 1 aromatic rings. The molecule has 0 aliphatic carbocycles. The summed E-state index contributed by atoms with van der Waals surface area (Å²) in [7, 11) is 0. The second-order valence-corrected chi connectivity index (χ2v) is 4.62. The van der Waals surface area contributed by atoms with Gasteiger partial charge in [0, 0.05) is 18.7 Å². The van der Waals surface area contributed by atoms with Gasteiger partial charge >= 0.3 is 6.18 Å². The Labute approximate surface area is 109 Å². The molecular formula is C13H15F4NO. The van der Waals surface area contributed by atoms with Gasteiger partial charge in [0.25, 0.3) is 0 Å². The first kappa shape index (κ1) is 14.3. The minimum absolute atomic E-state index is 0.150. The van der Waals surface area contributed by atoms with Crippen molar-refractivity contribution in [1.82, 2.24) is 4.90 Å². The number of ether oxygens (including phenoxy) is 1. The van der Waals surface area contributed by atoms with Crippen molar-refractivity contribution in [3.05, 3.63) is 35.1 Å². The van der Waals surface area contributed by atoms with Crippen LogP contribution in [0.2, 0.25) is 0 Å². The third kappa shape index (κ3) is 3.25. The zero-order valence-electron chi connectivity index (χ0n) is 10.5. The van der Waals surface area contributed by atoms with Gasteiger partial charge in [0.05, 0.1) is 13.2 Å². The second-order valence-electron chi connectivity index (χ2n) is 4.62. The lowest BCUT2D eigenvalue weighted by molar-refractivity contribution is -0.195. The summed E-state index contributed by atoms with van der Waals surface area (Å²) >= 11 is 0. The van der Waals surface area contributed by atoms with Crippen LogP contribution in [0.25, 0.3) is 0 Å². The zero-order chi connectivity index (χ0) is 14.0. The molecule has 1 aromatic carbocycles. The molecule has 1 aliphatic rings. The van der Waals surface area contributed by atoms with Crippen LogP contribution in [0.1, 0.15) is 17.2 Å². The number of nitrogens with zero attached hydrogens (tertiary/aromatic N) is 1. The van der Waals surface area contributed by atoms with Crippen LogP contribution in [0, 0.1) is 12.7 Å². The quantitative estimate of drug-likeness (QED) is 0.770. The van der Waals surface area contributed by atoms with E-state index in [1.165, 1.54) is 17.0 Å². The van der Waals surface area contributed by atoms with E-state index in [0.717, 1.165) is 6.07 Å². The van der Waals surface area contributed by atoms with Gasteiger partial charge in [0.2, 0.25) is 0 Å². The van der Waals surface area contributed by atoms with Crippen LogP contribution in [0.3, 0.4) is 0 Å². The van der Waals surface area contributed by atoms with Crippen LogP contribution >= 0.6 is 0 Å². The van der Waals surface area contributed by atoms with Crippen LogP contribution in [-0.4, -0.2) is 37.4 Å². The minimum Gasteiger partial charge on any atom is -0.379 e. The predicted octanol–water partition coefficient (Wildman–Crippen LogP) is 3.07. The third-order valence-electron chi connectivity index (χ3n) is 3.17. The topological polar surface area (TPSA) is 12.5 Å². The molecule has 2 nitrogen and oxygen atoms in total. The van der Waals surface area contributed by atoms with Gasteiger partial charge in [0.1, 0.15) is 11.9 Å². The summed E-state index contributed by atoms with van der Waals surface area (Å²) in [4.78, 5) is 1.22. The summed E-state index contributed by atoms with van der Waals surface area (Å²) in [5.41, 5.74) is 0.299. The first-order chi connectivity index (χ1) is 8.89.